The van der Waals surface area contributed by atoms with Crippen LogP contribution in [0.4, 0.5) is 11.4 Å². The van der Waals surface area contributed by atoms with E-state index in [4.69, 9.17) is 21.1 Å². The van der Waals surface area contributed by atoms with Crippen molar-refractivity contribution in [3.63, 3.8) is 0 Å². The van der Waals surface area contributed by atoms with E-state index in [2.05, 4.69) is 28.1 Å². The van der Waals surface area contributed by atoms with Crippen LogP contribution in [0.3, 0.4) is 0 Å². The summed E-state index contributed by atoms with van der Waals surface area (Å²) in [6, 6.07) is 9.82. The second-order valence-corrected chi connectivity index (χ2v) is 6.80. The highest BCUT2D eigenvalue weighted by Crippen LogP contribution is 2.29. The van der Waals surface area contributed by atoms with Crippen molar-refractivity contribution in [2.75, 3.05) is 24.9 Å². The van der Waals surface area contributed by atoms with Gasteiger partial charge in [0, 0.05) is 22.5 Å². The molecule has 0 heterocycles. The van der Waals surface area contributed by atoms with Crippen LogP contribution in [0.25, 0.3) is 0 Å². The van der Waals surface area contributed by atoms with Gasteiger partial charge in [-0.3, -0.25) is 19.8 Å². The molecule has 0 aliphatic carbocycles. The zero-order chi connectivity index (χ0) is 23.0. The Balaban J connectivity index is 1.84. The maximum Gasteiger partial charge on any atom is 0.327 e. The predicted octanol–water partition coefficient (Wildman–Crippen LogP) is 2.77. The monoisotopic (exact) mass is 446 g/mol. The van der Waals surface area contributed by atoms with Crippen LogP contribution >= 0.6 is 11.6 Å². The van der Waals surface area contributed by atoms with Crippen LogP contribution in [0.5, 0.6) is 11.5 Å². The first-order valence-corrected chi connectivity index (χ1v) is 9.44. The van der Waals surface area contributed by atoms with Gasteiger partial charge >= 0.3 is 11.8 Å². The molecule has 2 aromatic rings. The van der Waals surface area contributed by atoms with Crippen molar-refractivity contribution in [1.29, 1.82) is 0 Å². The topological polar surface area (TPSA) is 118 Å². The third-order valence-corrected chi connectivity index (χ3v) is 4.45. The van der Waals surface area contributed by atoms with E-state index in [0.29, 0.717) is 27.9 Å². The average Bonchev–Trinajstić information content (AvgIpc) is 2.74. The van der Waals surface area contributed by atoms with Gasteiger partial charge < -0.3 is 25.5 Å². The Kier molecular flexibility index (Phi) is 8.27. The Morgan fingerprint density at radius 3 is 2.35 bits per heavy atom. The minimum absolute atomic E-state index is 0.166. The molecule has 2 rings (SSSR count). The third kappa shape index (κ3) is 6.93. The van der Waals surface area contributed by atoms with E-state index in [0.717, 1.165) is 5.56 Å². The van der Waals surface area contributed by atoms with Crippen LogP contribution in [-0.2, 0) is 14.4 Å². The molecule has 2 aromatic carbocycles. The maximum absolute atomic E-state index is 12.3. The van der Waals surface area contributed by atoms with Gasteiger partial charge in [-0.15, -0.1) is 0 Å². The van der Waals surface area contributed by atoms with Crippen molar-refractivity contribution >= 4 is 40.7 Å². The summed E-state index contributed by atoms with van der Waals surface area (Å²) in [5.74, 6) is -1.30. The minimum atomic E-state index is -0.965. The van der Waals surface area contributed by atoms with Crippen LogP contribution in [0, 0.1) is 6.92 Å². The fourth-order valence-electron chi connectivity index (χ4n) is 2.40. The lowest BCUT2D eigenvalue weighted by Gasteiger charge is -2.13. The molecule has 0 atom stereocenters. The number of hydrazine groups is 1. The Morgan fingerprint density at radius 1 is 0.968 bits per heavy atom. The quantitative estimate of drug-likeness (QED) is 0.366. The first-order valence-electron chi connectivity index (χ1n) is 9.06. The van der Waals surface area contributed by atoms with Crippen LogP contribution in [0.15, 0.2) is 48.7 Å². The minimum Gasteiger partial charge on any atom is -0.497 e. The number of methoxy groups -OCH3 is 2. The van der Waals surface area contributed by atoms with E-state index in [-0.39, 0.29) is 12.1 Å². The number of rotatable bonds is 8. The molecule has 0 aromatic heterocycles. The molecular formula is C21H23ClN4O5. The standard InChI is InChI=1S/C21H23ClN4O5/c1-12-5-6-14(10-16(12)22)23-20(28)21(29)26-25-13(2)9-19(27)24-17-11-15(30-3)7-8-18(17)31-4/h5-8,10-11,25H,2,9H2,1,3-4H3,(H,23,28)(H,24,27)(H,26,29). The molecule has 0 aliphatic heterocycles. The molecule has 164 valence electrons. The number of amides is 3. The van der Waals surface area contributed by atoms with Crippen LogP contribution in [-0.4, -0.2) is 31.9 Å². The van der Waals surface area contributed by atoms with Crippen molar-refractivity contribution in [2.24, 2.45) is 0 Å². The molecule has 3 amide bonds. The summed E-state index contributed by atoms with van der Waals surface area (Å²) >= 11 is 5.99. The normalized spacial score (nSPS) is 9.94. The second-order valence-electron chi connectivity index (χ2n) is 6.39. The molecule has 10 heteroatoms. The van der Waals surface area contributed by atoms with E-state index in [1.165, 1.54) is 20.3 Å². The molecule has 9 nitrogen and oxygen atoms in total. The Bertz CT molecular complexity index is 1010. The summed E-state index contributed by atoms with van der Waals surface area (Å²) in [5, 5.41) is 5.55. The van der Waals surface area contributed by atoms with Crippen molar-refractivity contribution < 1.29 is 23.9 Å². The van der Waals surface area contributed by atoms with Gasteiger partial charge in [-0.2, -0.15) is 0 Å². The van der Waals surface area contributed by atoms with E-state index in [1.54, 1.807) is 30.3 Å². The fourth-order valence-corrected chi connectivity index (χ4v) is 2.59. The van der Waals surface area contributed by atoms with Gasteiger partial charge in [0.25, 0.3) is 0 Å². The Morgan fingerprint density at radius 2 is 1.71 bits per heavy atom. The molecule has 0 fully saturated rings. The molecule has 0 spiro atoms. The third-order valence-electron chi connectivity index (χ3n) is 4.04. The van der Waals surface area contributed by atoms with E-state index in [1.807, 2.05) is 6.92 Å². The van der Waals surface area contributed by atoms with E-state index >= 15 is 0 Å². The predicted molar refractivity (Wildman–Crippen MR) is 118 cm³/mol. The first-order chi connectivity index (χ1) is 14.7. The Hall–Kier alpha value is -3.72. The number of hydrogen-bond acceptors (Lipinski definition) is 6. The lowest BCUT2D eigenvalue weighted by atomic mass is 10.2. The van der Waals surface area contributed by atoms with Gasteiger partial charge in [-0.05, 0) is 36.8 Å². The summed E-state index contributed by atoms with van der Waals surface area (Å²) in [6.07, 6.45) is -0.171. The number of hydrogen-bond donors (Lipinski definition) is 4. The molecule has 0 radical (unpaired) electrons. The zero-order valence-corrected chi connectivity index (χ0v) is 18.1. The Labute approximate surface area is 184 Å². The largest absolute Gasteiger partial charge is 0.497 e. The molecule has 0 saturated carbocycles. The second kappa shape index (κ2) is 10.9. The molecule has 0 unspecified atom stereocenters. The van der Waals surface area contributed by atoms with Gasteiger partial charge in [0.15, 0.2) is 0 Å². The number of ether oxygens (including phenoxy) is 2. The highest BCUT2D eigenvalue weighted by atomic mass is 35.5. The number of nitrogens with one attached hydrogen (secondary N) is 4. The molecule has 4 N–H and O–H groups in total. The number of anilines is 2. The van der Waals surface area contributed by atoms with Crippen LogP contribution in [0.2, 0.25) is 5.02 Å². The lowest BCUT2D eigenvalue weighted by molar-refractivity contribution is -0.136. The van der Waals surface area contributed by atoms with E-state index < -0.39 is 17.7 Å². The van der Waals surface area contributed by atoms with Gasteiger partial charge in [0.05, 0.1) is 26.3 Å². The summed E-state index contributed by atoms with van der Waals surface area (Å²) in [5.41, 5.74) is 6.42. The number of carbonyl (C=O) groups excluding carboxylic acids is 3. The molecule has 0 bridgehead atoms. The van der Waals surface area contributed by atoms with Gasteiger partial charge in [-0.25, -0.2) is 0 Å². The lowest BCUT2D eigenvalue weighted by Crippen LogP contribution is -2.43. The highest BCUT2D eigenvalue weighted by Gasteiger charge is 2.15. The number of benzene rings is 2. The summed E-state index contributed by atoms with van der Waals surface area (Å²) in [7, 11) is 2.98. The number of carbonyl (C=O) groups is 3. The van der Waals surface area contributed by atoms with Crippen molar-refractivity contribution in [3.05, 3.63) is 59.3 Å². The highest BCUT2D eigenvalue weighted by molar-refractivity contribution is 6.39. The summed E-state index contributed by atoms with van der Waals surface area (Å²) < 4.78 is 10.3. The van der Waals surface area contributed by atoms with Crippen molar-refractivity contribution in [3.8, 4) is 11.5 Å². The van der Waals surface area contributed by atoms with Gasteiger partial charge in [0.2, 0.25) is 5.91 Å². The smallest absolute Gasteiger partial charge is 0.327 e. The zero-order valence-electron chi connectivity index (χ0n) is 17.3. The molecular weight excluding hydrogens is 424 g/mol. The molecule has 31 heavy (non-hydrogen) atoms. The van der Waals surface area contributed by atoms with Gasteiger partial charge in [-0.1, -0.05) is 24.2 Å². The SMILES string of the molecule is C=C(CC(=O)Nc1cc(OC)ccc1OC)NNC(=O)C(=O)Nc1ccc(C)c(Cl)c1. The number of aryl methyl sites for hydroxylation is 1. The van der Waals surface area contributed by atoms with Crippen molar-refractivity contribution in [1.82, 2.24) is 10.9 Å². The first kappa shape index (κ1) is 23.6. The maximum atomic E-state index is 12.3. The number of halogens is 1. The summed E-state index contributed by atoms with van der Waals surface area (Å²) in [4.78, 5) is 36.2. The van der Waals surface area contributed by atoms with E-state index in [9.17, 15) is 14.4 Å². The summed E-state index contributed by atoms with van der Waals surface area (Å²) in [6.45, 7) is 5.47. The van der Waals surface area contributed by atoms with Crippen molar-refractivity contribution in [2.45, 2.75) is 13.3 Å². The van der Waals surface area contributed by atoms with Gasteiger partial charge in [0.1, 0.15) is 11.5 Å². The average molecular weight is 447 g/mol. The van der Waals surface area contributed by atoms with Crippen LogP contribution in [0.1, 0.15) is 12.0 Å². The molecule has 0 aliphatic rings. The van der Waals surface area contributed by atoms with Crippen LogP contribution < -0.4 is 31.0 Å². The fraction of sp³-hybridized carbons (Fsp3) is 0.190. The molecule has 0 saturated heterocycles.